The molecule has 1 aromatic heterocycles. The van der Waals surface area contributed by atoms with Crippen molar-refractivity contribution in [2.24, 2.45) is 0 Å². The summed E-state index contributed by atoms with van der Waals surface area (Å²) >= 11 is 17.7. The molecule has 0 saturated heterocycles. The molecule has 0 amide bonds. The highest BCUT2D eigenvalue weighted by molar-refractivity contribution is 6.49. The van der Waals surface area contributed by atoms with Crippen LogP contribution in [0.25, 0.3) is 11.1 Å². The Morgan fingerprint density at radius 1 is 1.21 bits per heavy atom. The molecule has 2 aromatic rings. The summed E-state index contributed by atoms with van der Waals surface area (Å²) in [5, 5.41) is 9.40. The lowest BCUT2D eigenvalue weighted by molar-refractivity contribution is 0.0691. The quantitative estimate of drug-likeness (QED) is 0.652. The highest BCUT2D eigenvalue weighted by Gasteiger charge is 2.16. The van der Waals surface area contributed by atoms with Crippen molar-refractivity contribution in [3.8, 4) is 11.1 Å². The van der Waals surface area contributed by atoms with E-state index in [4.69, 9.17) is 39.9 Å². The first-order valence-electron chi connectivity index (χ1n) is 4.94. The predicted molar refractivity (Wildman–Crippen MR) is 71.6 cm³/mol. The maximum absolute atomic E-state index is 13.2. The third-order valence-electron chi connectivity index (χ3n) is 2.42. The fraction of sp³-hybridized carbons (Fsp3) is 0. The Hall–Kier alpha value is -1.36. The van der Waals surface area contributed by atoms with E-state index in [1.807, 2.05) is 0 Å². The normalized spacial score (nSPS) is 10.5. The summed E-state index contributed by atoms with van der Waals surface area (Å²) in [6, 6.07) is 4.20. The first-order valence-corrected chi connectivity index (χ1v) is 6.08. The third kappa shape index (κ3) is 2.66. The van der Waals surface area contributed by atoms with Gasteiger partial charge in [-0.2, -0.15) is 4.39 Å². The van der Waals surface area contributed by atoms with Gasteiger partial charge in [0.2, 0.25) is 5.95 Å². The smallest absolute Gasteiger partial charge is 0.340 e. The van der Waals surface area contributed by atoms with Crippen LogP contribution in [0.15, 0.2) is 24.4 Å². The summed E-state index contributed by atoms with van der Waals surface area (Å²) in [5.41, 5.74) is 0.216. The molecule has 0 aliphatic heterocycles. The van der Waals surface area contributed by atoms with Crippen LogP contribution in [0.4, 0.5) is 4.39 Å². The number of aromatic carboxylic acids is 1. The summed E-state index contributed by atoms with van der Waals surface area (Å²) in [6.07, 6.45) is 1.17. The van der Waals surface area contributed by atoms with Crippen LogP contribution in [0.3, 0.4) is 0 Å². The molecule has 0 atom stereocenters. The second kappa shape index (κ2) is 5.33. The van der Waals surface area contributed by atoms with E-state index in [9.17, 15) is 9.18 Å². The molecule has 0 saturated carbocycles. The number of rotatable bonds is 2. The predicted octanol–water partition coefficient (Wildman–Crippen LogP) is 4.55. The Bertz CT molecular complexity index is 676. The monoisotopic (exact) mass is 319 g/mol. The van der Waals surface area contributed by atoms with Crippen molar-refractivity contribution in [1.82, 2.24) is 4.98 Å². The topological polar surface area (TPSA) is 50.2 Å². The van der Waals surface area contributed by atoms with Gasteiger partial charge in [0.05, 0.1) is 15.1 Å². The van der Waals surface area contributed by atoms with Gasteiger partial charge in [-0.15, -0.1) is 0 Å². The molecule has 0 spiro atoms. The van der Waals surface area contributed by atoms with Gasteiger partial charge in [-0.3, -0.25) is 0 Å². The number of nitrogens with zero attached hydrogens (tertiary/aromatic N) is 1. The molecule has 0 unspecified atom stereocenters. The fourth-order valence-corrected chi connectivity index (χ4v) is 2.14. The Labute approximate surface area is 122 Å². The standard InChI is InChI=1S/C12H5Cl3FNO2/c13-8-2-1-6(9(14)10(8)15)5-3-7(12(18)19)11(16)17-4-5/h1-4H,(H,18,19). The Morgan fingerprint density at radius 3 is 2.53 bits per heavy atom. The molecule has 7 heteroatoms. The highest BCUT2D eigenvalue weighted by atomic mass is 35.5. The van der Waals surface area contributed by atoms with Gasteiger partial charge in [0.1, 0.15) is 5.56 Å². The van der Waals surface area contributed by atoms with E-state index in [1.165, 1.54) is 12.3 Å². The molecule has 0 aliphatic carbocycles. The van der Waals surface area contributed by atoms with Gasteiger partial charge in [0.25, 0.3) is 0 Å². The molecule has 2 rings (SSSR count). The van der Waals surface area contributed by atoms with E-state index < -0.39 is 17.5 Å². The van der Waals surface area contributed by atoms with E-state index in [-0.39, 0.29) is 15.1 Å². The van der Waals surface area contributed by atoms with Crippen LogP contribution in [-0.4, -0.2) is 16.1 Å². The maximum Gasteiger partial charge on any atom is 0.340 e. The van der Waals surface area contributed by atoms with Gasteiger partial charge in [-0.25, -0.2) is 9.78 Å². The minimum Gasteiger partial charge on any atom is -0.478 e. The van der Waals surface area contributed by atoms with Crippen molar-refractivity contribution < 1.29 is 14.3 Å². The van der Waals surface area contributed by atoms with Gasteiger partial charge >= 0.3 is 5.97 Å². The number of benzene rings is 1. The largest absolute Gasteiger partial charge is 0.478 e. The summed E-state index contributed by atoms with van der Waals surface area (Å²) in [5.74, 6) is -2.48. The SMILES string of the molecule is O=C(O)c1cc(-c2ccc(Cl)c(Cl)c2Cl)cnc1F. The van der Waals surface area contributed by atoms with Crippen molar-refractivity contribution in [1.29, 1.82) is 0 Å². The van der Waals surface area contributed by atoms with Crippen LogP contribution in [-0.2, 0) is 0 Å². The lowest BCUT2D eigenvalue weighted by Gasteiger charge is -2.08. The molecule has 0 fully saturated rings. The number of hydrogen-bond acceptors (Lipinski definition) is 2. The molecule has 98 valence electrons. The van der Waals surface area contributed by atoms with Gasteiger partial charge in [0, 0.05) is 17.3 Å². The van der Waals surface area contributed by atoms with Crippen LogP contribution < -0.4 is 0 Å². The molecule has 3 nitrogen and oxygen atoms in total. The average molecular weight is 321 g/mol. The molecule has 0 aliphatic rings. The molecule has 1 aromatic carbocycles. The van der Waals surface area contributed by atoms with Crippen molar-refractivity contribution in [3.63, 3.8) is 0 Å². The van der Waals surface area contributed by atoms with Crippen molar-refractivity contribution in [2.45, 2.75) is 0 Å². The maximum atomic E-state index is 13.2. The zero-order chi connectivity index (χ0) is 14.2. The van der Waals surface area contributed by atoms with Crippen LogP contribution in [0.2, 0.25) is 15.1 Å². The minimum atomic E-state index is -1.41. The van der Waals surface area contributed by atoms with Gasteiger partial charge in [-0.05, 0) is 12.1 Å². The van der Waals surface area contributed by atoms with Crippen LogP contribution in [0.1, 0.15) is 10.4 Å². The van der Waals surface area contributed by atoms with Gasteiger partial charge in [0.15, 0.2) is 0 Å². The summed E-state index contributed by atoms with van der Waals surface area (Å²) < 4.78 is 13.2. The number of pyridine rings is 1. The zero-order valence-electron chi connectivity index (χ0n) is 9.12. The number of hydrogen-bond donors (Lipinski definition) is 1. The molecule has 19 heavy (non-hydrogen) atoms. The van der Waals surface area contributed by atoms with Crippen molar-refractivity contribution in [2.75, 3.05) is 0 Å². The number of aromatic nitrogens is 1. The van der Waals surface area contributed by atoms with Gasteiger partial charge in [-0.1, -0.05) is 40.9 Å². The van der Waals surface area contributed by atoms with Crippen LogP contribution in [0, 0.1) is 5.95 Å². The lowest BCUT2D eigenvalue weighted by Crippen LogP contribution is -2.03. The number of carboxylic acids is 1. The Balaban J connectivity index is 2.63. The first kappa shape index (κ1) is 14.1. The van der Waals surface area contributed by atoms with E-state index in [2.05, 4.69) is 4.98 Å². The van der Waals surface area contributed by atoms with E-state index in [0.29, 0.717) is 11.1 Å². The van der Waals surface area contributed by atoms with E-state index in [0.717, 1.165) is 6.07 Å². The summed E-state index contributed by atoms with van der Waals surface area (Å²) in [4.78, 5) is 14.2. The van der Waals surface area contributed by atoms with Gasteiger partial charge < -0.3 is 5.11 Å². The Kier molecular flexibility index (Phi) is 3.94. The van der Waals surface area contributed by atoms with Crippen molar-refractivity contribution >= 4 is 40.8 Å². The second-order valence-electron chi connectivity index (χ2n) is 3.59. The fourth-order valence-electron chi connectivity index (χ4n) is 1.49. The zero-order valence-corrected chi connectivity index (χ0v) is 11.4. The van der Waals surface area contributed by atoms with Crippen LogP contribution in [0.5, 0.6) is 0 Å². The lowest BCUT2D eigenvalue weighted by atomic mass is 10.1. The Morgan fingerprint density at radius 2 is 1.89 bits per heavy atom. The molecule has 0 bridgehead atoms. The third-order valence-corrected chi connectivity index (χ3v) is 3.71. The number of carboxylic acid groups (broad SMARTS) is 1. The number of halogens is 4. The first-order chi connectivity index (χ1) is 8.91. The van der Waals surface area contributed by atoms with Crippen LogP contribution >= 0.6 is 34.8 Å². The molecular weight excluding hydrogens is 315 g/mol. The van der Waals surface area contributed by atoms with Crippen molar-refractivity contribution in [3.05, 3.63) is 51.0 Å². The molecule has 1 N–H and O–H groups in total. The molecule has 0 radical (unpaired) electrons. The number of carbonyl (C=O) groups is 1. The molecular formula is C12H5Cl3FNO2. The minimum absolute atomic E-state index is 0.141. The second-order valence-corrected chi connectivity index (χ2v) is 4.75. The summed E-state index contributed by atoms with van der Waals surface area (Å²) in [6.45, 7) is 0. The summed E-state index contributed by atoms with van der Waals surface area (Å²) in [7, 11) is 0. The average Bonchev–Trinajstić information content (AvgIpc) is 2.37. The van der Waals surface area contributed by atoms with E-state index in [1.54, 1.807) is 6.07 Å². The van der Waals surface area contributed by atoms with E-state index >= 15 is 0 Å². The highest BCUT2D eigenvalue weighted by Crippen LogP contribution is 2.38. The molecule has 1 heterocycles.